The molecule has 154 valence electrons. The van der Waals surface area contributed by atoms with E-state index in [9.17, 15) is 9.59 Å². The Hall–Kier alpha value is -3.61. The van der Waals surface area contributed by atoms with Crippen LogP contribution in [0.4, 0.5) is 5.69 Å². The Labute approximate surface area is 175 Å². The van der Waals surface area contributed by atoms with E-state index in [1.165, 1.54) is 0 Å². The molecule has 1 atom stereocenters. The maximum atomic E-state index is 13.1. The summed E-state index contributed by atoms with van der Waals surface area (Å²) in [6.45, 7) is 0.722. The summed E-state index contributed by atoms with van der Waals surface area (Å²) in [6.07, 6.45) is 4.98. The molecule has 7 nitrogen and oxygen atoms in total. The van der Waals surface area contributed by atoms with Crippen molar-refractivity contribution in [1.82, 2.24) is 14.9 Å². The summed E-state index contributed by atoms with van der Waals surface area (Å²) in [5.41, 5.74) is 2.15. The highest BCUT2D eigenvalue weighted by molar-refractivity contribution is 5.97. The average molecular weight is 404 g/mol. The molecular formula is C23H24N4O3. The van der Waals surface area contributed by atoms with Crippen molar-refractivity contribution in [2.75, 3.05) is 18.6 Å². The summed E-state index contributed by atoms with van der Waals surface area (Å²) in [4.78, 5) is 31.2. The van der Waals surface area contributed by atoms with Crippen LogP contribution >= 0.6 is 0 Å². The summed E-state index contributed by atoms with van der Waals surface area (Å²) in [6, 6.07) is 14.2. The summed E-state index contributed by atoms with van der Waals surface area (Å²) in [7, 11) is 3.49. The van der Waals surface area contributed by atoms with Crippen LogP contribution in [-0.2, 0) is 11.8 Å². The first-order valence-corrected chi connectivity index (χ1v) is 9.90. The predicted molar refractivity (Wildman–Crippen MR) is 114 cm³/mol. The van der Waals surface area contributed by atoms with Crippen LogP contribution < -0.4 is 15.0 Å². The molecule has 2 aromatic carbocycles. The zero-order valence-corrected chi connectivity index (χ0v) is 17.0. The molecular weight excluding hydrogens is 380 g/mol. The van der Waals surface area contributed by atoms with Gasteiger partial charge >= 0.3 is 0 Å². The molecule has 0 saturated carbocycles. The fraction of sp³-hybridized carbons (Fsp3) is 0.261. The van der Waals surface area contributed by atoms with Gasteiger partial charge < -0.3 is 19.5 Å². The number of para-hydroxylation sites is 1. The third-order valence-corrected chi connectivity index (χ3v) is 5.36. The number of carbonyl (C=O) groups excluding carboxylic acids is 2. The van der Waals surface area contributed by atoms with Gasteiger partial charge in [-0.3, -0.25) is 9.59 Å². The molecule has 30 heavy (non-hydrogen) atoms. The molecule has 1 aliphatic heterocycles. The predicted octanol–water partition coefficient (Wildman–Crippen LogP) is 3.07. The molecule has 2 amide bonds. The van der Waals surface area contributed by atoms with Crippen LogP contribution in [0.15, 0.2) is 60.9 Å². The molecule has 0 aliphatic carbocycles. The number of benzene rings is 2. The summed E-state index contributed by atoms with van der Waals surface area (Å²) < 4.78 is 7.38. The molecule has 7 heteroatoms. The van der Waals surface area contributed by atoms with Crippen molar-refractivity contribution >= 4 is 17.5 Å². The van der Waals surface area contributed by atoms with Gasteiger partial charge in [0.05, 0.1) is 7.11 Å². The van der Waals surface area contributed by atoms with Gasteiger partial charge in [-0.15, -0.1) is 0 Å². The number of anilines is 1. The second-order valence-corrected chi connectivity index (χ2v) is 7.24. The van der Waals surface area contributed by atoms with Crippen LogP contribution in [0.25, 0.3) is 0 Å². The molecule has 1 saturated heterocycles. The number of carbonyl (C=O) groups is 2. The molecule has 1 unspecified atom stereocenters. The topological polar surface area (TPSA) is 76.5 Å². The number of nitrogens with one attached hydrogen (secondary N) is 1. The lowest BCUT2D eigenvalue weighted by Crippen LogP contribution is -2.31. The first-order chi connectivity index (χ1) is 14.6. The smallest absolute Gasteiger partial charge is 0.252 e. The van der Waals surface area contributed by atoms with Gasteiger partial charge in [-0.05, 0) is 36.8 Å². The summed E-state index contributed by atoms with van der Waals surface area (Å²) >= 11 is 0. The van der Waals surface area contributed by atoms with Crippen molar-refractivity contribution in [3.63, 3.8) is 0 Å². The number of hydrogen-bond donors (Lipinski definition) is 1. The Kier molecular flexibility index (Phi) is 5.52. The molecule has 1 fully saturated rings. The van der Waals surface area contributed by atoms with E-state index in [1.54, 1.807) is 30.3 Å². The minimum atomic E-state index is -0.478. The van der Waals surface area contributed by atoms with Crippen molar-refractivity contribution in [3.05, 3.63) is 77.9 Å². The normalized spacial score (nSPS) is 14.6. The molecule has 1 aliphatic rings. The van der Waals surface area contributed by atoms with E-state index in [0.717, 1.165) is 24.2 Å². The molecule has 2 heterocycles. The maximum Gasteiger partial charge on any atom is 0.252 e. The monoisotopic (exact) mass is 404 g/mol. The minimum absolute atomic E-state index is 0.123. The third kappa shape index (κ3) is 3.78. The van der Waals surface area contributed by atoms with Gasteiger partial charge in [-0.25, -0.2) is 4.98 Å². The second-order valence-electron chi connectivity index (χ2n) is 7.24. The second kappa shape index (κ2) is 8.41. The summed E-state index contributed by atoms with van der Waals surface area (Å²) in [5.74, 6) is 1.27. The number of aryl methyl sites for hydroxylation is 1. The highest BCUT2D eigenvalue weighted by atomic mass is 16.5. The van der Waals surface area contributed by atoms with Crippen LogP contribution in [0.3, 0.4) is 0 Å². The van der Waals surface area contributed by atoms with Gasteiger partial charge in [-0.1, -0.05) is 18.2 Å². The van der Waals surface area contributed by atoms with E-state index in [2.05, 4.69) is 10.3 Å². The minimum Gasteiger partial charge on any atom is -0.496 e. The van der Waals surface area contributed by atoms with Gasteiger partial charge in [-0.2, -0.15) is 0 Å². The van der Waals surface area contributed by atoms with Gasteiger partial charge in [0.25, 0.3) is 5.91 Å². The number of rotatable bonds is 6. The molecule has 0 bridgehead atoms. The Morgan fingerprint density at radius 2 is 1.93 bits per heavy atom. The van der Waals surface area contributed by atoms with Gasteiger partial charge in [0, 0.05) is 49.2 Å². The first-order valence-electron chi connectivity index (χ1n) is 9.90. The van der Waals surface area contributed by atoms with Crippen LogP contribution in [0.2, 0.25) is 0 Å². The molecule has 4 rings (SSSR count). The van der Waals surface area contributed by atoms with E-state index in [0.29, 0.717) is 23.6 Å². The third-order valence-electron chi connectivity index (χ3n) is 5.36. The standard InChI is InChI=1S/C23H24N4O3/c1-26-15-13-24-22(26)21(18-6-3-4-7-19(18)30-2)25-23(29)16-9-11-17(12-10-16)27-14-5-8-20(27)28/h3-4,6-7,9-13,15,21H,5,8,14H2,1-2H3,(H,25,29). The van der Waals surface area contributed by atoms with Crippen LogP contribution in [0.1, 0.15) is 40.6 Å². The van der Waals surface area contributed by atoms with Gasteiger partial charge in [0.2, 0.25) is 5.91 Å². The van der Waals surface area contributed by atoms with E-state index >= 15 is 0 Å². The van der Waals surface area contributed by atoms with Crippen molar-refractivity contribution in [3.8, 4) is 5.75 Å². The largest absolute Gasteiger partial charge is 0.496 e. The number of nitrogens with zero attached hydrogens (tertiary/aromatic N) is 3. The fourth-order valence-corrected chi connectivity index (χ4v) is 3.77. The Morgan fingerprint density at radius 3 is 2.57 bits per heavy atom. The van der Waals surface area contributed by atoms with E-state index < -0.39 is 6.04 Å². The van der Waals surface area contributed by atoms with Gasteiger partial charge in [0.1, 0.15) is 17.6 Å². The molecule has 0 spiro atoms. The number of imidazole rings is 1. The average Bonchev–Trinajstić information content (AvgIpc) is 3.40. The van der Waals surface area contributed by atoms with E-state index in [-0.39, 0.29) is 11.8 Å². The van der Waals surface area contributed by atoms with Crippen molar-refractivity contribution < 1.29 is 14.3 Å². The van der Waals surface area contributed by atoms with Crippen LogP contribution in [-0.4, -0.2) is 35.0 Å². The highest BCUT2D eigenvalue weighted by Crippen LogP contribution is 2.29. The van der Waals surface area contributed by atoms with Crippen molar-refractivity contribution in [2.24, 2.45) is 7.05 Å². The molecule has 3 aromatic rings. The SMILES string of the molecule is COc1ccccc1C(NC(=O)c1ccc(N2CCCC2=O)cc1)c1nccn1C. The number of aromatic nitrogens is 2. The molecule has 1 N–H and O–H groups in total. The number of amides is 2. The number of hydrogen-bond acceptors (Lipinski definition) is 4. The maximum absolute atomic E-state index is 13.1. The molecule has 1 aromatic heterocycles. The quantitative estimate of drug-likeness (QED) is 0.685. The highest BCUT2D eigenvalue weighted by Gasteiger charge is 2.25. The zero-order chi connectivity index (χ0) is 21.1. The first kappa shape index (κ1) is 19.7. The Bertz CT molecular complexity index is 1060. The number of methoxy groups -OCH3 is 1. The van der Waals surface area contributed by atoms with Gasteiger partial charge in [0.15, 0.2) is 0 Å². The number of ether oxygens (including phenoxy) is 1. The Morgan fingerprint density at radius 1 is 1.17 bits per heavy atom. The van der Waals surface area contributed by atoms with Crippen molar-refractivity contribution in [1.29, 1.82) is 0 Å². The van der Waals surface area contributed by atoms with Crippen LogP contribution in [0.5, 0.6) is 5.75 Å². The summed E-state index contributed by atoms with van der Waals surface area (Å²) in [5, 5.41) is 3.08. The fourth-order valence-electron chi connectivity index (χ4n) is 3.77. The lowest BCUT2D eigenvalue weighted by atomic mass is 10.0. The van der Waals surface area contributed by atoms with Crippen LogP contribution in [0, 0.1) is 0 Å². The lowest BCUT2D eigenvalue weighted by molar-refractivity contribution is -0.117. The lowest BCUT2D eigenvalue weighted by Gasteiger charge is -2.21. The Balaban J connectivity index is 1.61. The molecule has 0 radical (unpaired) electrons. The van der Waals surface area contributed by atoms with Crippen molar-refractivity contribution in [2.45, 2.75) is 18.9 Å². The van der Waals surface area contributed by atoms with E-state index in [1.807, 2.05) is 54.2 Å². The zero-order valence-electron chi connectivity index (χ0n) is 17.0. The van der Waals surface area contributed by atoms with E-state index in [4.69, 9.17) is 4.74 Å².